The lowest BCUT2D eigenvalue weighted by molar-refractivity contribution is -0.0594. The van der Waals surface area contributed by atoms with Crippen LogP contribution >= 0.6 is 0 Å². The maximum atomic E-state index is 14.9. The van der Waals surface area contributed by atoms with Crippen LogP contribution in [-0.4, -0.2) is 48.9 Å². The average Bonchev–Trinajstić information content (AvgIpc) is 2.89. The molecule has 1 heterocycles. The molecular weight excluding hydrogens is 481 g/mol. The lowest BCUT2D eigenvalue weighted by Gasteiger charge is -2.43. The van der Waals surface area contributed by atoms with Crippen LogP contribution in [0.5, 0.6) is 0 Å². The van der Waals surface area contributed by atoms with Crippen LogP contribution in [0.1, 0.15) is 96.0 Å². The Hall–Kier alpha value is -1.80. The Labute approximate surface area is 220 Å². The summed E-state index contributed by atoms with van der Waals surface area (Å²) in [5.74, 6) is -3.38. The van der Waals surface area contributed by atoms with Crippen molar-refractivity contribution in [3.05, 3.63) is 35.1 Å². The van der Waals surface area contributed by atoms with E-state index in [9.17, 15) is 23.1 Å². The monoisotopic (exact) mass is 526 g/mol. The van der Waals surface area contributed by atoms with Crippen molar-refractivity contribution in [2.45, 2.75) is 102 Å². The highest BCUT2D eigenvalue weighted by Crippen LogP contribution is 2.41. The van der Waals surface area contributed by atoms with Gasteiger partial charge in [-0.25, -0.2) is 18.0 Å². The molecular formula is C29H45F3N2O3. The van der Waals surface area contributed by atoms with Crippen molar-refractivity contribution < 1.29 is 27.8 Å². The van der Waals surface area contributed by atoms with E-state index < -0.39 is 29.0 Å². The Morgan fingerprint density at radius 2 is 1.92 bits per heavy atom. The molecule has 0 radical (unpaired) electrons. The second kappa shape index (κ2) is 14.4. The fraction of sp³-hybridized carbons (Fsp3) is 0.759. The lowest BCUT2D eigenvalue weighted by Crippen LogP contribution is -2.53. The third-order valence-electron chi connectivity index (χ3n) is 8.31. The number of hydrogen-bond acceptors (Lipinski definition) is 3. The SMILES string of the molecule is CCC[C@H](CC1CCCCC1)NC(=O)N1CCC[C@@H]([C@@](O)(CCCCOC)c2cc(F)cc(F)c2F)C1. The molecule has 1 aliphatic heterocycles. The highest BCUT2D eigenvalue weighted by atomic mass is 19.2. The van der Waals surface area contributed by atoms with Crippen LogP contribution in [0.2, 0.25) is 0 Å². The first-order valence-electron chi connectivity index (χ1n) is 14.2. The van der Waals surface area contributed by atoms with Crippen molar-refractivity contribution in [3.63, 3.8) is 0 Å². The summed E-state index contributed by atoms with van der Waals surface area (Å²) in [4.78, 5) is 15.0. The van der Waals surface area contributed by atoms with Crippen LogP contribution in [0.4, 0.5) is 18.0 Å². The van der Waals surface area contributed by atoms with Crippen molar-refractivity contribution in [2.24, 2.45) is 11.8 Å². The molecule has 8 heteroatoms. The number of carbonyl (C=O) groups is 1. The number of ether oxygens (including phenoxy) is 1. The zero-order valence-electron chi connectivity index (χ0n) is 22.5. The number of aliphatic hydroxyl groups is 1. The summed E-state index contributed by atoms with van der Waals surface area (Å²) in [5, 5.41) is 15.1. The molecule has 1 saturated heterocycles. The van der Waals surface area contributed by atoms with Gasteiger partial charge < -0.3 is 20.1 Å². The van der Waals surface area contributed by atoms with Crippen molar-refractivity contribution in [2.75, 3.05) is 26.8 Å². The standard InChI is InChI=1S/C29H45F3N2O3/c1-3-10-24(17-21-11-5-4-6-12-21)33-28(35)34-15-9-13-22(20-34)29(36,14-7-8-16-37-2)25-18-23(30)19-26(31)27(25)32/h18-19,21-22,24,36H,3-17,20H2,1-2H3,(H,33,35)/t22-,24-,29+/m1/s1. The third-order valence-corrected chi connectivity index (χ3v) is 8.31. The number of piperidine rings is 1. The molecule has 37 heavy (non-hydrogen) atoms. The number of hydrogen-bond donors (Lipinski definition) is 2. The van der Waals surface area contributed by atoms with Gasteiger partial charge in [0.25, 0.3) is 0 Å². The van der Waals surface area contributed by atoms with E-state index >= 15 is 0 Å². The molecule has 0 spiro atoms. The number of unbranched alkanes of at least 4 members (excludes halogenated alkanes) is 1. The largest absolute Gasteiger partial charge is 0.385 e. The normalized spacial score (nSPS) is 21.5. The van der Waals surface area contributed by atoms with Gasteiger partial charge in [-0.3, -0.25) is 0 Å². The number of methoxy groups -OCH3 is 1. The highest BCUT2D eigenvalue weighted by molar-refractivity contribution is 5.74. The molecule has 1 aromatic rings. The molecule has 2 fully saturated rings. The summed E-state index contributed by atoms with van der Waals surface area (Å²) in [6, 6.07) is 1.32. The molecule has 1 aliphatic carbocycles. The fourth-order valence-corrected chi connectivity index (χ4v) is 6.31. The van der Waals surface area contributed by atoms with Crippen LogP contribution in [0, 0.1) is 29.3 Å². The van der Waals surface area contributed by atoms with Gasteiger partial charge >= 0.3 is 6.03 Å². The van der Waals surface area contributed by atoms with Gasteiger partial charge in [0.05, 0.1) is 5.60 Å². The quantitative estimate of drug-likeness (QED) is 0.236. The number of halogens is 3. The number of carbonyl (C=O) groups excluding carboxylic acids is 1. The van der Waals surface area contributed by atoms with Gasteiger partial charge in [-0.2, -0.15) is 0 Å². The molecule has 1 saturated carbocycles. The number of urea groups is 1. The predicted octanol–water partition coefficient (Wildman–Crippen LogP) is 6.67. The first kappa shape index (κ1) is 29.8. The topological polar surface area (TPSA) is 61.8 Å². The summed E-state index contributed by atoms with van der Waals surface area (Å²) in [7, 11) is 1.57. The first-order chi connectivity index (χ1) is 17.8. The van der Waals surface area contributed by atoms with Gasteiger partial charge in [-0.05, 0) is 56.9 Å². The molecule has 1 aromatic carbocycles. The summed E-state index contributed by atoms with van der Waals surface area (Å²) in [5.41, 5.74) is -2.17. The molecule has 210 valence electrons. The Kier molecular flexibility index (Phi) is 11.6. The number of nitrogens with one attached hydrogen (secondary N) is 1. The third kappa shape index (κ3) is 8.09. The van der Waals surface area contributed by atoms with E-state index in [1.807, 2.05) is 0 Å². The number of benzene rings is 1. The van der Waals surface area contributed by atoms with Gasteiger partial charge in [0, 0.05) is 50.4 Å². The Balaban J connectivity index is 1.75. The summed E-state index contributed by atoms with van der Waals surface area (Å²) in [6.07, 6.45) is 11.5. The number of amides is 2. The molecule has 0 aromatic heterocycles. The minimum Gasteiger partial charge on any atom is -0.385 e. The number of likely N-dealkylation sites (tertiary alicyclic amines) is 1. The smallest absolute Gasteiger partial charge is 0.317 e. The Morgan fingerprint density at radius 3 is 2.62 bits per heavy atom. The maximum Gasteiger partial charge on any atom is 0.317 e. The zero-order chi connectivity index (χ0) is 26.8. The molecule has 3 atom stereocenters. The predicted molar refractivity (Wildman–Crippen MR) is 139 cm³/mol. The second-order valence-corrected chi connectivity index (χ2v) is 11.1. The minimum absolute atomic E-state index is 0.101. The van der Waals surface area contributed by atoms with Gasteiger partial charge in [-0.1, -0.05) is 45.4 Å². The van der Waals surface area contributed by atoms with E-state index in [0.29, 0.717) is 50.8 Å². The second-order valence-electron chi connectivity index (χ2n) is 11.1. The van der Waals surface area contributed by atoms with E-state index in [-0.39, 0.29) is 30.6 Å². The van der Waals surface area contributed by atoms with Crippen molar-refractivity contribution in [1.82, 2.24) is 10.2 Å². The lowest BCUT2D eigenvalue weighted by atomic mass is 9.74. The average molecular weight is 527 g/mol. The van der Waals surface area contributed by atoms with E-state index in [0.717, 1.165) is 25.3 Å². The van der Waals surface area contributed by atoms with Crippen molar-refractivity contribution in [3.8, 4) is 0 Å². The molecule has 2 aliphatic rings. The van der Waals surface area contributed by atoms with Crippen molar-refractivity contribution in [1.29, 1.82) is 0 Å². The van der Waals surface area contributed by atoms with Crippen LogP contribution < -0.4 is 5.32 Å². The highest BCUT2D eigenvalue weighted by Gasteiger charge is 2.43. The first-order valence-corrected chi connectivity index (χ1v) is 14.2. The minimum atomic E-state index is -1.80. The molecule has 5 nitrogen and oxygen atoms in total. The molecule has 0 bridgehead atoms. The molecule has 2 N–H and O–H groups in total. The molecule has 3 rings (SSSR count). The van der Waals surface area contributed by atoms with Crippen LogP contribution in [0.25, 0.3) is 0 Å². The van der Waals surface area contributed by atoms with Gasteiger partial charge in [0.15, 0.2) is 11.6 Å². The van der Waals surface area contributed by atoms with Crippen LogP contribution in [0.3, 0.4) is 0 Å². The van der Waals surface area contributed by atoms with Gasteiger partial charge in [-0.15, -0.1) is 0 Å². The van der Waals surface area contributed by atoms with E-state index in [2.05, 4.69) is 12.2 Å². The van der Waals surface area contributed by atoms with Gasteiger partial charge in [0.1, 0.15) is 5.82 Å². The Bertz CT molecular complexity index is 865. The molecule has 0 unspecified atom stereocenters. The number of rotatable bonds is 12. The fourth-order valence-electron chi connectivity index (χ4n) is 6.31. The summed E-state index contributed by atoms with van der Waals surface area (Å²) >= 11 is 0. The summed E-state index contributed by atoms with van der Waals surface area (Å²) in [6.45, 7) is 3.32. The summed E-state index contributed by atoms with van der Waals surface area (Å²) < 4.78 is 48.3. The van der Waals surface area contributed by atoms with E-state index in [4.69, 9.17) is 4.74 Å². The van der Waals surface area contributed by atoms with E-state index in [1.165, 1.54) is 32.1 Å². The van der Waals surface area contributed by atoms with Crippen molar-refractivity contribution >= 4 is 6.03 Å². The van der Waals surface area contributed by atoms with E-state index in [1.54, 1.807) is 12.0 Å². The number of nitrogens with zero attached hydrogens (tertiary/aromatic N) is 1. The van der Waals surface area contributed by atoms with Crippen LogP contribution in [0.15, 0.2) is 12.1 Å². The van der Waals surface area contributed by atoms with Crippen LogP contribution in [-0.2, 0) is 10.3 Å². The van der Waals surface area contributed by atoms with Gasteiger partial charge in [0.2, 0.25) is 0 Å². The molecule has 2 amide bonds. The maximum absolute atomic E-state index is 14.9. The Morgan fingerprint density at radius 1 is 1.16 bits per heavy atom. The zero-order valence-corrected chi connectivity index (χ0v) is 22.5.